The monoisotopic (exact) mass is 254 g/mol. The number of carbonyl (C=O) groups excluding carboxylic acids is 1. The van der Waals surface area contributed by atoms with Gasteiger partial charge >= 0.3 is 0 Å². The summed E-state index contributed by atoms with van der Waals surface area (Å²) in [6, 6.07) is 0.398. The van der Waals surface area contributed by atoms with Crippen LogP contribution in [0, 0.1) is 0 Å². The van der Waals surface area contributed by atoms with Crippen molar-refractivity contribution in [3.63, 3.8) is 0 Å². The van der Waals surface area contributed by atoms with Gasteiger partial charge in [0.25, 0.3) is 5.91 Å². The lowest BCUT2D eigenvalue weighted by Crippen LogP contribution is -2.38. The summed E-state index contributed by atoms with van der Waals surface area (Å²) in [6.45, 7) is 2.77. The summed E-state index contributed by atoms with van der Waals surface area (Å²) >= 11 is 1.32. The van der Waals surface area contributed by atoms with Gasteiger partial charge in [-0.2, -0.15) is 0 Å². The van der Waals surface area contributed by atoms with Crippen LogP contribution in [0.3, 0.4) is 0 Å². The molecule has 1 N–H and O–H groups in total. The van der Waals surface area contributed by atoms with Gasteiger partial charge < -0.3 is 10.2 Å². The first-order chi connectivity index (χ1) is 8.26. The van der Waals surface area contributed by atoms with Crippen LogP contribution in [0.25, 0.3) is 0 Å². The lowest BCUT2D eigenvalue weighted by Gasteiger charge is -2.26. The second-order valence-corrected chi connectivity index (χ2v) is 5.17. The van der Waals surface area contributed by atoms with Crippen LogP contribution in [-0.2, 0) is 0 Å². The molecule has 2 rings (SSSR count). The van der Waals surface area contributed by atoms with Crippen LogP contribution in [-0.4, -0.2) is 40.6 Å². The molecule has 1 aliphatic carbocycles. The second kappa shape index (κ2) is 5.44. The molecule has 17 heavy (non-hydrogen) atoms. The van der Waals surface area contributed by atoms with E-state index >= 15 is 0 Å². The smallest absolute Gasteiger partial charge is 0.285 e. The lowest BCUT2D eigenvalue weighted by molar-refractivity contribution is 0.0692. The molecule has 0 radical (unpaired) electrons. The van der Waals surface area contributed by atoms with Gasteiger partial charge in [0.05, 0.1) is 0 Å². The molecule has 0 atom stereocenters. The number of amides is 1. The van der Waals surface area contributed by atoms with Crippen molar-refractivity contribution < 1.29 is 4.79 Å². The molecule has 0 bridgehead atoms. The number of anilines is 1. The molecular formula is C11H18N4OS. The number of hydrogen-bond acceptors (Lipinski definition) is 5. The number of rotatable bonds is 4. The summed E-state index contributed by atoms with van der Waals surface area (Å²) in [7, 11) is 1.78. The molecule has 1 aromatic rings. The molecule has 1 fully saturated rings. The zero-order valence-electron chi connectivity index (χ0n) is 10.3. The van der Waals surface area contributed by atoms with Gasteiger partial charge in [-0.1, -0.05) is 24.2 Å². The molecule has 0 aromatic carbocycles. The van der Waals surface area contributed by atoms with E-state index in [0.29, 0.717) is 16.2 Å². The molecule has 0 saturated heterocycles. The highest BCUT2D eigenvalue weighted by molar-refractivity contribution is 7.17. The Morgan fingerprint density at radius 1 is 1.47 bits per heavy atom. The first kappa shape index (κ1) is 12.3. The van der Waals surface area contributed by atoms with Crippen molar-refractivity contribution in [2.24, 2.45) is 0 Å². The summed E-state index contributed by atoms with van der Waals surface area (Å²) in [4.78, 5) is 14.2. The third-order valence-corrected chi connectivity index (χ3v) is 4.12. The third-order valence-electron chi connectivity index (χ3n) is 3.19. The van der Waals surface area contributed by atoms with E-state index in [0.717, 1.165) is 19.4 Å². The van der Waals surface area contributed by atoms with Gasteiger partial charge in [-0.05, 0) is 19.8 Å². The number of aromatic nitrogens is 2. The van der Waals surface area contributed by atoms with Crippen LogP contribution in [0.15, 0.2) is 0 Å². The zero-order chi connectivity index (χ0) is 12.3. The van der Waals surface area contributed by atoms with Crippen molar-refractivity contribution in [3.8, 4) is 0 Å². The Morgan fingerprint density at radius 3 is 2.71 bits per heavy atom. The van der Waals surface area contributed by atoms with E-state index < -0.39 is 0 Å². The Labute approximate surface area is 105 Å². The minimum absolute atomic E-state index is 0.0263. The molecule has 6 heteroatoms. The molecule has 0 unspecified atom stereocenters. The zero-order valence-corrected chi connectivity index (χ0v) is 11.1. The SMILES string of the molecule is CCN(C(=O)c1nnc(NC)s1)C1CCCC1. The summed E-state index contributed by atoms with van der Waals surface area (Å²) in [5, 5.41) is 11.9. The van der Waals surface area contributed by atoms with Crippen molar-refractivity contribution >= 4 is 22.4 Å². The van der Waals surface area contributed by atoms with E-state index in [-0.39, 0.29) is 5.91 Å². The fourth-order valence-corrected chi connectivity index (χ4v) is 2.97. The topological polar surface area (TPSA) is 58.1 Å². The Balaban J connectivity index is 2.10. The van der Waals surface area contributed by atoms with Gasteiger partial charge in [-0.25, -0.2) is 0 Å². The standard InChI is InChI=1S/C11H18N4OS/c1-3-15(8-6-4-5-7-8)10(16)9-13-14-11(12-2)17-9/h8H,3-7H2,1-2H3,(H,12,14). The normalized spacial score (nSPS) is 16.1. The first-order valence-corrected chi connectivity index (χ1v) is 6.90. The van der Waals surface area contributed by atoms with Crippen molar-refractivity contribution in [3.05, 3.63) is 5.01 Å². The van der Waals surface area contributed by atoms with Crippen LogP contribution >= 0.6 is 11.3 Å². The third kappa shape index (κ3) is 2.57. The summed E-state index contributed by atoms with van der Waals surface area (Å²) < 4.78 is 0. The maximum Gasteiger partial charge on any atom is 0.285 e. The number of carbonyl (C=O) groups is 1. The van der Waals surface area contributed by atoms with Crippen molar-refractivity contribution in [1.82, 2.24) is 15.1 Å². The van der Waals surface area contributed by atoms with E-state index in [1.54, 1.807) is 7.05 Å². The van der Waals surface area contributed by atoms with E-state index in [1.807, 2.05) is 11.8 Å². The summed E-state index contributed by atoms with van der Waals surface area (Å²) in [6.07, 6.45) is 4.70. The van der Waals surface area contributed by atoms with Gasteiger partial charge in [-0.15, -0.1) is 10.2 Å². The number of hydrogen-bond donors (Lipinski definition) is 1. The Morgan fingerprint density at radius 2 is 2.18 bits per heavy atom. The first-order valence-electron chi connectivity index (χ1n) is 6.08. The van der Waals surface area contributed by atoms with Crippen molar-refractivity contribution in [2.45, 2.75) is 38.6 Å². The van der Waals surface area contributed by atoms with Gasteiger partial charge in [0.15, 0.2) is 0 Å². The lowest BCUT2D eigenvalue weighted by atomic mass is 10.2. The van der Waals surface area contributed by atoms with E-state index in [1.165, 1.54) is 24.2 Å². The maximum absolute atomic E-state index is 12.3. The molecule has 0 spiro atoms. The average molecular weight is 254 g/mol. The van der Waals surface area contributed by atoms with E-state index in [9.17, 15) is 4.79 Å². The maximum atomic E-state index is 12.3. The van der Waals surface area contributed by atoms with Gasteiger partial charge in [0.2, 0.25) is 10.1 Å². The van der Waals surface area contributed by atoms with Gasteiger partial charge in [-0.3, -0.25) is 4.79 Å². The second-order valence-electron chi connectivity index (χ2n) is 4.19. The van der Waals surface area contributed by atoms with Crippen LogP contribution in [0.5, 0.6) is 0 Å². The highest BCUT2D eigenvalue weighted by Gasteiger charge is 2.28. The van der Waals surface area contributed by atoms with E-state index in [2.05, 4.69) is 15.5 Å². The van der Waals surface area contributed by atoms with Gasteiger partial charge in [0.1, 0.15) is 0 Å². The minimum atomic E-state index is 0.0263. The van der Waals surface area contributed by atoms with Crippen LogP contribution in [0.4, 0.5) is 5.13 Å². The molecule has 1 aromatic heterocycles. The molecule has 5 nitrogen and oxygen atoms in total. The molecule has 0 aliphatic heterocycles. The molecular weight excluding hydrogens is 236 g/mol. The van der Waals surface area contributed by atoms with Crippen molar-refractivity contribution in [2.75, 3.05) is 18.9 Å². The molecule has 1 aliphatic rings. The fourth-order valence-electron chi connectivity index (χ4n) is 2.32. The van der Waals surface area contributed by atoms with Crippen molar-refractivity contribution in [1.29, 1.82) is 0 Å². The molecule has 94 valence electrons. The Bertz CT molecular complexity index is 387. The quantitative estimate of drug-likeness (QED) is 0.892. The molecule has 1 heterocycles. The number of nitrogens with one attached hydrogen (secondary N) is 1. The predicted molar refractivity (Wildman–Crippen MR) is 68.4 cm³/mol. The predicted octanol–water partition coefficient (Wildman–Crippen LogP) is 1.98. The highest BCUT2D eigenvalue weighted by atomic mass is 32.1. The van der Waals surface area contributed by atoms with Crippen LogP contribution in [0.2, 0.25) is 0 Å². The van der Waals surface area contributed by atoms with Gasteiger partial charge in [0, 0.05) is 19.6 Å². The summed E-state index contributed by atoms with van der Waals surface area (Å²) in [5.41, 5.74) is 0. The summed E-state index contributed by atoms with van der Waals surface area (Å²) in [5.74, 6) is 0.0263. The highest BCUT2D eigenvalue weighted by Crippen LogP contribution is 2.25. The molecule has 1 saturated carbocycles. The number of nitrogens with zero attached hydrogens (tertiary/aromatic N) is 3. The largest absolute Gasteiger partial charge is 0.363 e. The molecule has 1 amide bonds. The minimum Gasteiger partial charge on any atom is -0.363 e. The average Bonchev–Trinajstić information content (AvgIpc) is 3.00. The Kier molecular flexibility index (Phi) is 3.93. The van der Waals surface area contributed by atoms with E-state index in [4.69, 9.17) is 0 Å². The van der Waals surface area contributed by atoms with Crippen LogP contribution in [0.1, 0.15) is 42.4 Å². The van der Waals surface area contributed by atoms with Crippen LogP contribution < -0.4 is 5.32 Å². The fraction of sp³-hybridized carbons (Fsp3) is 0.727. The Hall–Kier alpha value is -1.17.